The summed E-state index contributed by atoms with van der Waals surface area (Å²) in [6.07, 6.45) is 1.96. The molecule has 7 heteroatoms. The summed E-state index contributed by atoms with van der Waals surface area (Å²) in [6.45, 7) is 1.55. The lowest BCUT2D eigenvalue weighted by molar-refractivity contribution is -0.148. The number of amides is 1. The summed E-state index contributed by atoms with van der Waals surface area (Å²) in [4.78, 5) is 39.0. The largest absolute Gasteiger partial charge is 0.455 e. The second kappa shape index (κ2) is 9.23. The number of benzene rings is 2. The molecule has 0 aliphatic carbocycles. The molecule has 0 bridgehead atoms. The van der Waals surface area contributed by atoms with Crippen LogP contribution in [0, 0.1) is 0 Å². The van der Waals surface area contributed by atoms with Crippen LogP contribution in [0.4, 0.5) is 0 Å². The van der Waals surface area contributed by atoms with E-state index in [2.05, 4.69) is 29.3 Å². The van der Waals surface area contributed by atoms with Crippen LogP contribution >= 0.6 is 11.3 Å². The molecule has 28 heavy (non-hydrogen) atoms. The molecule has 0 saturated carbocycles. The topological polar surface area (TPSA) is 77.7 Å². The van der Waals surface area contributed by atoms with Gasteiger partial charge in [0.25, 0.3) is 5.91 Å². The molecule has 144 valence electrons. The van der Waals surface area contributed by atoms with E-state index in [1.54, 1.807) is 0 Å². The summed E-state index contributed by atoms with van der Waals surface area (Å²) < 4.78 is 6.77. The second-order valence-electron chi connectivity index (χ2n) is 6.32. The van der Waals surface area contributed by atoms with E-state index in [1.165, 1.54) is 18.3 Å². The molecule has 2 aromatic carbocycles. The average molecular weight is 396 g/mol. The highest BCUT2D eigenvalue weighted by atomic mass is 32.1. The van der Waals surface area contributed by atoms with E-state index in [-0.39, 0.29) is 18.6 Å². The smallest absolute Gasteiger partial charge is 0.306 e. The third-order valence-electron chi connectivity index (χ3n) is 4.14. The number of fused-ring (bicyclic) bond motifs is 1. The van der Waals surface area contributed by atoms with Gasteiger partial charge in [0.2, 0.25) is 0 Å². The summed E-state index contributed by atoms with van der Waals surface area (Å²) in [5.41, 5.74) is 1.13. The van der Waals surface area contributed by atoms with Crippen LogP contribution in [0.15, 0.2) is 59.0 Å². The second-order valence-corrected chi connectivity index (χ2v) is 7.19. The Morgan fingerprint density at radius 3 is 2.68 bits per heavy atom. The predicted molar refractivity (Wildman–Crippen MR) is 107 cm³/mol. The molecule has 6 nitrogen and oxygen atoms in total. The van der Waals surface area contributed by atoms with Crippen molar-refractivity contribution < 1.29 is 19.1 Å². The van der Waals surface area contributed by atoms with Crippen molar-refractivity contribution in [3.63, 3.8) is 0 Å². The van der Waals surface area contributed by atoms with E-state index in [0.29, 0.717) is 11.3 Å². The van der Waals surface area contributed by atoms with E-state index in [0.717, 1.165) is 16.3 Å². The van der Waals surface area contributed by atoms with Crippen molar-refractivity contribution in [2.45, 2.75) is 26.3 Å². The maximum absolute atomic E-state index is 12.1. The SMILES string of the molecule is CC(=O)CCC(=O)OCC(=O)N=c1sccn1Cc1cccc2ccccc12. The van der Waals surface area contributed by atoms with Gasteiger partial charge in [0.15, 0.2) is 11.4 Å². The molecule has 3 aromatic rings. The molecule has 0 aliphatic rings. The molecule has 0 N–H and O–H groups in total. The molecule has 0 unspecified atom stereocenters. The summed E-state index contributed by atoms with van der Waals surface area (Å²) in [6, 6.07) is 14.3. The number of hydrogen-bond acceptors (Lipinski definition) is 5. The van der Waals surface area contributed by atoms with Crippen LogP contribution in [-0.4, -0.2) is 28.8 Å². The van der Waals surface area contributed by atoms with Crippen LogP contribution in [0.25, 0.3) is 10.8 Å². The lowest BCUT2D eigenvalue weighted by Gasteiger charge is -2.07. The predicted octanol–water partition coefficient (Wildman–Crippen LogP) is 3.09. The summed E-state index contributed by atoms with van der Waals surface area (Å²) in [5.74, 6) is -1.21. The van der Waals surface area contributed by atoms with Crippen molar-refractivity contribution in [3.05, 3.63) is 64.4 Å². The molecule has 1 aromatic heterocycles. The van der Waals surface area contributed by atoms with Gasteiger partial charge in [-0.3, -0.25) is 9.59 Å². The van der Waals surface area contributed by atoms with Gasteiger partial charge >= 0.3 is 5.97 Å². The van der Waals surface area contributed by atoms with Crippen molar-refractivity contribution in [2.24, 2.45) is 4.99 Å². The number of thiazole rings is 1. The molecular formula is C21H20N2O4S. The number of carbonyl (C=O) groups excluding carboxylic acids is 3. The van der Waals surface area contributed by atoms with Gasteiger partial charge in [-0.1, -0.05) is 42.5 Å². The number of aromatic nitrogens is 1. The Hall–Kier alpha value is -3.06. The van der Waals surface area contributed by atoms with Crippen LogP contribution in [0.2, 0.25) is 0 Å². The van der Waals surface area contributed by atoms with E-state index < -0.39 is 18.5 Å². The molecule has 0 radical (unpaired) electrons. The number of hydrogen-bond donors (Lipinski definition) is 0. The van der Waals surface area contributed by atoms with E-state index in [9.17, 15) is 14.4 Å². The number of Topliss-reactive ketones (excluding diaryl/α,β-unsaturated/α-hetero) is 1. The third kappa shape index (κ3) is 5.23. The maximum Gasteiger partial charge on any atom is 0.306 e. The molecular weight excluding hydrogens is 376 g/mol. The maximum atomic E-state index is 12.1. The van der Waals surface area contributed by atoms with Gasteiger partial charge in [0.1, 0.15) is 5.78 Å². The Balaban J connectivity index is 1.70. The normalized spacial score (nSPS) is 11.5. The monoisotopic (exact) mass is 396 g/mol. The first kappa shape index (κ1) is 19.7. The lowest BCUT2D eigenvalue weighted by Crippen LogP contribution is -2.20. The summed E-state index contributed by atoms with van der Waals surface area (Å²) in [7, 11) is 0. The molecule has 0 aliphatic heterocycles. The van der Waals surface area contributed by atoms with Gasteiger partial charge in [0.05, 0.1) is 13.0 Å². The van der Waals surface area contributed by atoms with E-state index in [4.69, 9.17) is 4.74 Å². The van der Waals surface area contributed by atoms with Gasteiger partial charge in [-0.05, 0) is 23.3 Å². The number of nitrogens with zero attached hydrogens (tertiary/aromatic N) is 2. The van der Waals surface area contributed by atoms with Crippen LogP contribution in [0.1, 0.15) is 25.3 Å². The van der Waals surface area contributed by atoms with Crippen molar-refractivity contribution >= 4 is 39.8 Å². The average Bonchev–Trinajstić information content (AvgIpc) is 3.11. The van der Waals surface area contributed by atoms with E-state index in [1.807, 2.05) is 34.3 Å². The van der Waals surface area contributed by atoms with Crippen molar-refractivity contribution in [1.82, 2.24) is 4.57 Å². The fraction of sp³-hybridized carbons (Fsp3) is 0.238. The Morgan fingerprint density at radius 1 is 1.07 bits per heavy atom. The lowest BCUT2D eigenvalue weighted by atomic mass is 10.0. The van der Waals surface area contributed by atoms with Crippen molar-refractivity contribution in [3.8, 4) is 0 Å². The molecule has 0 atom stereocenters. The van der Waals surface area contributed by atoms with Crippen LogP contribution in [-0.2, 0) is 25.7 Å². The first-order valence-electron chi connectivity index (χ1n) is 8.86. The Bertz CT molecular complexity index is 1080. The van der Waals surface area contributed by atoms with Crippen LogP contribution < -0.4 is 4.80 Å². The fourth-order valence-corrected chi connectivity index (χ4v) is 3.50. The van der Waals surface area contributed by atoms with Gasteiger partial charge in [-0.15, -0.1) is 11.3 Å². The fourth-order valence-electron chi connectivity index (χ4n) is 2.75. The van der Waals surface area contributed by atoms with Crippen LogP contribution in [0.5, 0.6) is 0 Å². The number of ketones is 1. The molecule has 1 amide bonds. The van der Waals surface area contributed by atoms with Gasteiger partial charge < -0.3 is 14.1 Å². The third-order valence-corrected chi connectivity index (χ3v) is 4.93. The van der Waals surface area contributed by atoms with Crippen molar-refractivity contribution in [2.75, 3.05) is 6.61 Å². The van der Waals surface area contributed by atoms with Crippen LogP contribution in [0.3, 0.4) is 0 Å². The number of ether oxygens (including phenoxy) is 1. The van der Waals surface area contributed by atoms with E-state index >= 15 is 0 Å². The minimum Gasteiger partial charge on any atom is -0.455 e. The highest BCUT2D eigenvalue weighted by Gasteiger charge is 2.09. The molecule has 0 spiro atoms. The standard InChI is InChI=1S/C21H20N2O4S/c1-15(24)9-10-20(26)27-14-19(25)22-21-23(11-12-28-21)13-17-7-4-6-16-5-2-3-8-18(16)17/h2-8,11-12H,9-10,13-14H2,1H3. The van der Waals surface area contributed by atoms with Crippen molar-refractivity contribution in [1.29, 1.82) is 0 Å². The van der Waals surface area contributed by atoms with Gasteiger partial charge in [-0.2, -0.15) is 4.99 Å². The zero-order valence-electron chi connectivity index (χ0n) is 15.5. The summed E-state index contributed by atoms with van der Waals surface area (Å²) >= 11 is 1.34. The Kier molecular flexibility index (Phi) is 6.49. The minimum absolute atomic E-state index is 0.0251. The Morgan fingerprint density at radius 2 is 1.86 bits per heavy atom. The summed E-state index contributed by atoms with van der Waals surface area (Å²) in [5, 5.41) is 4.17. The van der Waals surface area contributed by atoms with Gasteiger partial charge in [0, 0.05) is 18.0 Å². The first-order valence-corrected chi connectivity index (χ1v) is 9.74. The number of carbonyl (C=O) groups is 3. The quantitative estimate of drug-likeness (QED) is 0.575. The molecule has 0 fully saturated rings. The highest BCUT2D eigenvalue weighted by Crippen LogP contribution is 2.19. The first-order chi connectivity index (χ1) is 13.5. The highest BCUT2D eigenvalue weighted by molar-refractivity contribution is 7.07. The zero-order chi connectivity index (χ0) is 19.9. The van der Waals surface area contributed by atoms with Gasteiger partial charge in [-0.25, -0.2) is 0 Å². The molecule has 1 heterocycles. The Labute approximate surface area is 166 Å². The zero-order valence-corrected chi connectivity index (χ0v) is 16.3. The molecule has 3 rings (SSSR count). The number of rotatable bonds is 7. The minimum atomic E-state index is -0.575. The number of esters is 1. The molecule has 0 saturated heterocycles.